The number of benzene rings is 1. The minimum atomic E-state index is -0.708. The lowest BCUT2D eigenvalue weighted by Crippen LogP contribution is -2.22. The summed E-state index contributed by atoms with van der Waals surface area (Å²) >= 11 is 1.78. The molecule has 114 valence electrons. The number of nitrogens with one attached hydrogen (secondary N) is 1. The van der Waals surface area contributed by atoms with Crippen LogP contribution >= 0.6 is 11.3 Å². The van der Waals surface area contributed by atoms with Crippen molar-refractivity contribution in [1.82, 2.24) is 5.32 Å². The van der Waals surface area contributed by atoms with Crippen molar-refractivity contribution in [2.45, 2.75) is 39.7 Å². The van der Waals surface area contributed by atoms with E-state index in [1.165, 1.54) is 15.6 Å². The molecule has 0 aliphatic rings. The van der Waals surface area contributed by atoms with Crippen LogP contribution in [-0.2, 0) is 11.3 Å². The van der Waals surface area contributed by atoms with Crippen LogP contribution < -0.4 is 5.32 Å². The van der Waals surface area contributed by atoms with Crippen LogP contribution in [0.1, 0.15) is 38.7 Å². The fourth-order valence-electron chi connectivity index (χ4n) is 2.39. The maximum Gasteiger partial charge on any atom is 0.303 e. The van der Waals surface area contributed by atoms with Gasteiger partial charge in [0.25, 0.3) is 0 Å². The number of carboxylic acids is 1. The fraction of sp³-hybridized carbons (Fsp3) is 0.471. The second kappa shape index (κ2) is 7.05. The zero-order valence-corrected chi connectivity index (χ0v) is 13.5. The highest BCUT2D eigenvalue weighted by Gasteiger charge is 2.18. The number of rotatable bonds is 8. The largest absolute Gasteiger partial charge is 0.481 e. The van der Waals surface area contributed by atoms with Crippen molar-refractivity contribution in [3.05, 3.63) is 35.2 Å². The quantitative estimate of drug-likeness (QED) is 0.716. The van der Waals surface area contributed by atoms with Gasteiger partial charge in [-0.3, -0.25) is 4.79 Å². The van der Waals surface area contributed by atoms with E-state index in [0.717, 1.165) is 25.9 Å². The first-order valence-corrected chi connectivity index (χ1v) is 8.23. The van der Waals surface area contributed by atoms with Crippen molar-refractivity contribution in [1.29, 1.82) is 0 Å². The third kappa shape index (κ3) is 4.83. The Labute approximate surface area is 130 Å². The highest BCUT2D eigenvalue weighted by Crippen LogP contribution is 2.27. The van der Waals surface area contributed by atoms with Gasteiger partial charge in [-0.1, -0.05) is 32.0 Å². The van der Waals surface area contributed by atoms with Gasteiger partial charge in [0.2, 0.25) is 0 Å². The highest BCUT2D eigenvalue weighted by atomic mass is 32.1. The van der Waals surface area contributed by atoms with Crippen molar-refractivity contribution in [3.8, 4) is 0 Å². The van der Waals surface area contributed by atoms with Gasteiger partial charge >= 0.3 is 5.97 Å². The van der Waals surface area contributed by atoms with Crippen molar-refractivity contribution < 1.29 is 9.90 Å². The summed E-state index contributed by atoms with van der Waals surface area (Å²) in [7, 11) is 0. The summed E-state index contributed by atoms with van der Waals surface area (Å²) in [5.74, 6) is -0.708. The molecular weight excluding hydrogens is 282 g/mol. The summed E-state index contributed by atoms with van der Waals surface area (Å²) in [6.45, 7) is 6.06. The zero-order valence-electron chi connectivity index (χ0n) is 12.7. The van der Waals surface area contributed by atoms with Gasteiger partial charge in [-0.2, -0.15) is 0 Å². The Kier molecular flexibility index (Phi) is 5.37. The van der Waals surface area contributed by atoms with Crippen molar-refractivity contribution in [3.63, 3.8) is 0 Å². The van der Waals surface area contributed by atoms with E-state index in [4.69, 9.17) is 5.11 Å². The third-order valence-corrected chi connectivity index (χ3v) is 4.88. The topological polar surface area (TPSA) is 49.3 Å². The van der Waals surface area contributed by atoms with E-state index in [1.807, 2.05) is 0 Å². The molecule has 0 bridgehead atoms. The molecule has 21 heavy (non-hydrogen) atoms. The molecule has 0 saturated heterocycles. The molecule has 3 nitrogen and oxygen atoms in total. The summed E-state index contributed by atoms with van der Waals surface area (Å²) in [4.78, 5) is 10.6. The van der Waals surface area contributed by atoms with Gasteiger partial charge in [-0.05, 0) is 47.2 Å². The number of hydrogen-bond donors (Lipinski definition) is 2. The molecule has 0 fully saturated rings. The summed E-state index contributed by atoms with van der Waals surface area (Å²) in [5.41, 5.74) is 1.42. The van der Waals surface area contributed by atoms with E-state index in [1.54, 1.807) is 11.3 Å². The van der Waals surface area contributed by atoms with Gasteiger partial charge in [0.15, 0.2) is 0 Å². The average molecular weight is 305 g/mol. The van der Waals surface area contributed by atoms with Gasteiger partial charge < -0.3 is 10.4 Å². The fourth-order valence-corrected chi connectivity index (χ4v) is 3.35. The molecule has 2 rings (SSSR count). The van der Waals surface area contributed by atoms with E-state index in [2.05, 4.69) is 48.8 Å². The molecule has 1 aromatic heterocycles. The van der Waals surface area contributed by atoms with Crippen LogP contribution in [0.15, 0.2) is 29.6 Å². The molecule has 0 aliphatic heterocycles. The number of aliphatic carboxylic acids is 1. The first-order valence-electron chi connectivity index (χ1n) is 7.35. The van der Waals surface area contributed by atoms with E-state index in [0.29, 0.717) is 0 Å². The SMILES string of the molecule is CC(C)(CCNCc1csc2ccccc12)CCC(=O)O. The van der Waals surface area contributed by atoms with Gasteiger partial charge in [0.05, 0.1) is 0 Å². The van der Waals surface area contributed by atoms with Crippen LogP contribution in [0.5, 0.6) is 0 Å². The average Bonchev–Trinajstić information content (AvgIpc) is 2.85. The Hall–Kier alpha value is -1.39. The van der Waals surface area contributed by atoms with E-state index in [-0.39, 0.29) is 11.8 Å². The molecule has 2 N–H and O–H groups in total. The van der Waals surface area contributed by atoms with Crippen LogP contribution in [0.4, 0.5) is 0 Å². The smallest absolute Gasteiger partial charge is 0.303 e. The summed E-state index contributed by atoms with van der Waals surface area (Å²) in [6.07, 6.45) is 1.97. The number of fused-ring (bicyclic) bond motifs is 1. The molecule has 0 saturated carbocycles. The molecule has 4 heteroatoms. The molecule has 0 amide bonds. The lowest BCUT2D eigenvalue weighted by Gasteiger charge is -2.23. The summed E-state index contributed by atoms with van der Waals surface area (Å²) in [6, 6.07) is 8.47. The number of hydrogen-bond acceptors (Lipinski definition) is 3. The van der Waals surface area contributed by atoms with Crippen molar-refractivity contribution in [2.24, 2.45) is 5.41 Å². The Morgan fingerprint density at radius 1 is 1.29 bits per heavy atom. The molecule has 0 spiro atoms. The van der Waals surface area contributed by atoms with Crippen LogP contribution in [0.3, 0.4) is 0 Å². The third-order valence-electron chi connectivity index (χ3n) is 3.87. The van der Waals surface area contributed by atoms with Gasteiger partial charge in [0.1, 0.15) is 0 Å². The molecule has 0 radical (unpaired) electrons. The van der Waals surface area contributed by atoms with Gasteiger partial charge in [0, 0.05) is 17.7 Å². The molecule has 0 unspecified atom stereocenters. The van der Waals surface area contributed by atoms with Crippen LogP contribution in [0.25, 0.3) is 10.1 Å². The molecule has 1 heterocycles. The Morgan fingerprint density at radius 3 is 2.81 bits per heavy atom. The minimum absolute atomic E-state index is 0.0715. The number of thiophene rings is 1. The number of carbonyl (C=O) groups is 1. The monoisotopic (exact) mass is 305 g/mol. The van der Waals surface area contributed by atoms with E-state index >= 15 is 0 Å². The lowest BCUT2D eigenvalue weighted by molar-refractivity contribution is -0.137. The van der Waals surface area contributed by atoms with E-state index in [9.17, 15) is 4.79 Å². The molecule has 0 atom stereocenters. The standard InChI is InChI=1S/C17H23NO2S/c1-17(2,8-7-16(19)20)9-10-18-11-13-12-21-15-6-4-3-5-14(13)15/h3-6,12,18H,7-11H2,1-2H3,(H,19,20). The first-order chi connectivity index (χ1) is 9.98. The predicted octanol–water partition coefficient (Wildman–Crippen LogP) is 4.27. The van der Waals surface area contributed by atoms with Crippen LogP contribution in [0, 0.1) is 5.41 Å². The Morgan fingerprint density at radius 2 is 2.05 bits per heavy atom. The number of carboxylic acid groups (broad SMARTS) is 1. The molecular formula is C17H23NO2S. The lowest BCUT2D eigenvalue weighted by atomic mass is 9.84. The van der Waals surface area contributed by atoms with Crippen molar-refractivity contribution in [2.75, 3.05) is 6.54 Å². The molecule has 0 aliphatic carbocycles. The highest BCUT2D eigenvalue weighted by molar-refractivity contribution is 7.17. The van der Waals surface area contributed by atoms with Crippen LogP contribution in [-0.4, -0.2) is 17.6 Å². The molecule has 2 aromatic rings. The normalized spacial score (nSPS) is 11.9. The summed E-state index contributed by atoms with van der Waals surface area (Å²) in [5, 5.41) is 15.8. The van der Waals surface area contributed by atoms with E-state index < -0.39 is 5.97 Å². The summed E-state index contributed by atoms with van der Waals surface area (Å²) < 4.78 is 1.33. The van der Waals surface area contributed by atoms with Gasteiger partial charge in [-0.25, -0.2) is 0 Å². The second-order valence-electron chi connectivity index (χ2n) is 6.24. The predicted molar refractivity (Wildman–Crippen MR) is 88.8 cm³/mol. The maximum absolute atomic E-state index is 10.6. The molecule has 1 aromatic carbocycles. The first kappa shape index (κ1) is 16.0. The second-order valence-corrected chi connectivity index (χ2v) is 7.15. The van der Waals surface area contributed by atoms with Crippen LogP contribution in [0.2, 0.25) is 0 Å². The Balaban J connectivity index is 1.78. The maximum atomic E-state index is 10.6. The Bertz CT molecular complexity index is 604. The zero-order chi connectivity index (χ0) is 15.3. The van der Waals surface area contributed by atoms with Gasteiger partial charge in [-0.15, -0.1) is 11.3 Å². The van der Waals surface area contributed by atoms with Crippen molar-refractivity contribution >= 4 is 27.4 Å². The minimum Gasteiger partial charge on any atom is -0.481 e.